The Hall–Kier alpha value is -1.01. The summed E-state index contributed by atoms with van der Waals surface area (Å²) in [6.45, 7) is 6.12. The highest BCUT2D eigenvalue weighted by Gasteiger charge is 2.21. The van der Waals surface area contributed by atoms with E-state index in [2.05, 4.69) is 34.8 Å². The molecule has 6 heteroatoms. The molecule has 0 spiro atoms. The number of carbonyl (C=O) groups excluding carboxylic acids is 1. The number of hydrogen-bond acceptors (Lipinski definition) is 5. The molecule has 1 rings (SSSR count). The first-order valence-corrected chi connectivity index (χ1v) is 5.85. The second kappa shape index (κ2) is 5.36. The number of nitrogens with zero attached hydrogens (tertiary/aromatic N) is 2. The molecule has 1 unspecified atom stereocenters. The van der Waals surface area contributed by atoms with Crippen LogP contribution in [-0.4, -0.2) is 32.4 Å². The first kappa shape index (κ1) is 13.1. The molecule has 1 atom stereocenters. The van der Waals surface area contributed by atoms with Gasteiger partial charge in [0.25, 0.3) is 5.91 Å². The van der Waals surface area contributed by atoms with Crippen LogP contribution in [0.5, 0.6) is 0 Å². The van der Waals surface area contributed by atoms with Gasteiger partial charge in [-0.25, -0.2) is 0 Å². The molecule has 16 heavy (non-hydrogen) atoms. The van der Waals surface area contributed by atoms with Crippen molar-refractivity contribution in [1.82, 2.24) is 14.1 Å². The second-order valence-electron chi connectivity index (χ2n) is 4.91. The van der Waals surface area contributed by atoms with Crippen LogP contribution in [0.2, 0.25) is 0 Å². The Kier molecular flexibility index (Phi) is 4.37. The molecular formula is C10H17N3O2S. The summed E-state index contributed by atoms with van der Waals surface area (Å²) in [7, 11) is 0. The van der Waals surface area contributed by atoms with E-state index >= 15 is 0 Å². The Labute approximate surface area is 99.2 Å². The number of rotatable bonds is 4. The van der Waals surface area contributed by atoms with Crippen molar-refractivity contribution < 1.29 is 9.90 Å². The van der Waals surface area contributed by atoms with Gasteiger partial charge in [0, 0.05) is 0 Å². The van der Waals surface area contributed by atoms with Crippen LogP contribution in [0.15, 0.2) is 6.20 Å². The monoisotopic (exact) mass is 243 g/mol. The van der Waals surface area contributed by atoms with Crippen molar-refractivity contribution in [3.8, 4) is 0 Å². The highest BCUT2D eigenvalue weighted by atomic mass is 32.1. The van der Waals surface area contributed by atoms with Gasteiger partial charge in [-0.1, -0.05) is 20.8 Å². The normalized spacial score (nSPS) is 13.5. The Morgan fingerprint density at radius 2 is 2.31 bits per heavy atom. The van der Waals surface area contributed by atoms with Crippen LogP contribution in [-0.2, 0) is 0 Å². The van der Waals surface area contributed by atoms with E-state index in [4.69, 9.17) is 0 Å². The van der Waals surface area contributed by atoms with E-state index in [0.717, 1.165) is 11.7 Å². The van der Waals surface area contributed by atoms with Crippen molar-refractivity contribution >= 4 is 17.6 Å². The summed E-state index contributed by atoms with van der Waals surface area (Å²) < 4.78 is 7.60. The highest BCUT2D eigenvalue weighted by molar-refractivity contribution is 6.99. The molecule has 0 fully saturated rings. The number of hydrogen-bond donors (Lipinski definition) is 2. The molecule has 1 heterocycles. The largest absolute Gasteiger partial charge is 0.394 e. The van der Waals surface area contributed by atoms with Crippen molar-refractivity contribution in [2.45, 2.75) is 33.2 Å². The van der Waals surface area contributed by atoms with Crippen molar-refractivity contribution in [3.63, 3.8) is 0 Å². The maximum atomic E-state index is 11.6. The predicted octanol–water partition coefficient (Wildman–Crippen LogP) is 1.06. The topological polar surface area (TPSA) is 75.1 Å². The summed E-state index contributed by atoms with van der Waals surface area (Å²) in [5.41, 5.74) is 0.360. The number of carbonyl (C=O) groups is 1. The predicted molar refractivity (Wildman–Crippen MR) is 62.3 cm³/mol. The molecule has 0 bridgehead atoms. The molecule has 0 aliphatic carbocycles. The first-order valence-electron chi connectivity index (χ1n) is 5.11. The summed E-state index contributed by atoms with van der Waals surface area (Å²) >= 11 is 0.992. The lowest BCUT2D eigenvalue weighted by atomic mass is 9.88. The Bertz CT molecular complexity index is 332. The maximum absolute atomic E-state index is 11.6. The zero-order valence-electron chi connectivity index (χ0n) is 9.73. The third-order valence-electron chi connectivity index (χ3n) is 2.01. The van der Waals surface area contributed by atoms with E-state index in [0.29, 0.717) is 12.1 Å². The van der Waals surface area contributed by atoms with Crippen molar-refractivity contribution in [2.75, 3.05) is 6.61 Å². The SMILES string of the molecule is CC(C)(C)CC(CO)NC(=O)c1cnsn1. The minimum absolute atomic E-state index is 0.0565. The summed E-state index contributed by atoms with van der Waals surface area (Å²) in [5.74, 6) is -0.281. The molecule has 1 amide bonds. The molecule has 0 aliphatic heterocycles. The molecule has 0 aliphatic rings. The summed E-state index contributed by atoms with van der Waals surface area (Å²) in [6, 6.07) is -0.241. The quantitative estimate of drug-likeness (QED) is 0.829. The van der Waals surface area contributed by atoms with E-state index < -0.39 is 0 Å². The van der Waals surface area contributed by atoms with Gasteiger partial charge in [-0.3, -0.25) is 4.79 Å². The zero-order chi connectivity index (χ0) is 12.2. The third-order valence-corrected chi connectivity index (χ3v) is 2.49. The number of nitrogens with one attached hydrogen (secondary N) is 1. The van der Waals surface area contributed by atoms with Crippen LogP contribution in [0.4, 0.5) is 0 Å². The lowest BCUT2D eigenvalue weighted by Gasteiger charge is -2.25. The van der Waals surface area contributed by atoms with Crippen molar-refractivity contribution in [1.29, 1.82) is 0 Å². The van der Waals surface area contributed by atoms with Crippen molar-refractivity contribution in [3.05, 3.63) is 11.9 Å². The molecule has 0 saturated carbocycles. The van der Waals surface area contributed by atoms with E-state index in [9.17, 15) is 9.90 Å². The van der Waals surface area contributed by atoms with Crippen LogP contribution in [0.3, 0.4) is 0 Å². The standard InChI is InChI=1S/C10H17N3O2S/c1-10(2,3)4-7(6-14)12-9(15)8-5-11-16-13-8/h5,7,14H,4,6H2,1-3H3,(H,12,15). The maximum Gasteiger partial charge on any atom is 0.272 e. The number of aliphatic hydroxyl groups is 1. The van der Waals surface area contributed by atoms with Gasteiger partial charge in [0.05, 0.1) is 30.6 Å². The van der Waals surface area contributed by atoms with Gasteiger partial charge < -0.3 is 10.4 Å². The summed E-state index contributed by atoms with van der Waals surface area (Å²) in [5, 5.41) is 11.9. The first-order chi connectivity index (χ1) is 7.42. The van der Waals surface area contributed by atoms with Crippen molar-refractivity contribution in [2.24, 2.45) is 5.41 Å². The minimum atomic E-state index is -0.281. The Morgan fingerprint density at radius 3 is 2.75 bits per heavy atom. The van der Waals surface area contributed by atoms with Gasteiger partial charge in [-0.15, -0.1) is 0 Å². The summed E-state index contributed by atoms with van der Waals surface area (Å²) in [4.78, 5) is 11.6. The van der Waals surface area contributed by atoms with Crippen LogP contribution < -0.4 is 5.32 Å². The Morgan fingerprint density at radius 1 is 1.62 bits per heavy atom. The second-order valence-corrected chi connectivity index (χ2v) is 5.47. The van der Waals surface area contributed by atoms with Gasteiger partial charge >= 0.3 is 0 Å². The lowest BCUT2D eigenvalue weighted by molar-refractivity contribution is 0.0893. The molecule has 0 radical (unpaired) electrons. The van der Waals surface area contributed by atoms with Crippen LogP contribution in [0.25, 0.3) is 0 Å². The molecule has 5 nitrogen and oxygen atoms in total. The molecule has 1 aromatic rings. The van der Waals surface area contributed by atoms with Gasteiger partial charge in [-0.05, 0) is 11.8 Å². The zero-order valence-corrected chi connectivity index (χ0v) is 10.5. The summed E-state index contributed by atoms with van der Waals surface area (Å²) in [6.07, 6.45) is 2.14. The highest BCUT2D eigenvalue weighted by Crippen LogP contribution is 2.20. The lowest BCUT2D eigenvalue weighted by Crippen LogP contribution is -2.40. The number of amides is 1. The molecule has 1 aromatic heterocycles. The van der Waals surface area contributed by atoms with E-state index in [1.54, 1.807) is 0 Å². The molecule has 2 N–H and O–H groups in total. The minimum Gasteiger partial charge on any atom is -0.394 e. The van der Waals surface area contributed by atoms with Crippen LogP contribution in [0.1, 0.15) is 37.7 Å². The smallest absolute Gasteiger partial charge is 0.272 e. The molecule has 90 valence electrons. The average Bonchev–Trinajstić information content (AvgIpc) is 2.67. The third kappa shape index (κ3) is 4.24. The average molecular weight is 243 g/mol. The van der Waals surface area contributed by atoms with Gasteiger partial charge in [-0.2, -0.15) is 8.75 Å². The number of aromatic nitrogens is 2. The van der Waals surface area contributed by atoms with E-state index in [1.165, 1.54) is 6.20 Å². The van der Waals surface area contributed by atoms with E-state index in [1.807, 2.05) is 0 Å². The Balaban J connectivity index is 2.54. The van der Waals surface area contributed by atoms with Gasteiger partial charge in [0.2, 0.25) is 0 Å². The molecule has 0 saturated heterocycles. The van der Waals surface area contributed by atoms with Gasteiger partial charge in [0.15, 0.2) is 5.69 Å². The van der Waals surface area contributed by atoms with Crippen LogP contribution >= 0.6 is 11.7 Å². The van der Waals surface area contributed by atoms with Gasteiger partial charge in [0.1, 0.15) is 0 Å². The molecule has 0 aromatic carbocycles. The van der Waals surface area contributed by atoms with Crippen LogP contribution in [0, 0.1) is 5.41 Å². The van der Waals surface area contributed by atoms with E-state index in [-0.39, 0.29) is 24.0 Å². The fourth-order valence-corrected chi connectivity index (χ4v) is 1.84. The fraction of sp³-hybridized carbons (Fsp3) is 0.700. The number of aliphatic hydroxyl groups excluding tert-OH is 1. The molecular weight excluding hydrogens is 226 g/mol. The fourth-order valence-electron chi connectivity index (χ4n) is 1.42.